The summed E-state index contributed by atoms with van der Waals surface area (Å²) >= 11 is 0. The number of methoxy groups -OCH3 is 1. The summed E-state index contributed by atoms with van der Waals surface area (Å²) in [5, 5.41) is 9.51. The maximum atomic E-state index is 13.4. The van der Waals surface area contributed by atoms with Crippen LogP contribution in [0.3, 0.4) is 0 Å². The fourth-order valence-corrected chi connectivity index (χ4v) is 10.8. The van der Waals surface area contributed by atoms with Crippen LogP contribution in [0.4, 0.5) is 0 Å². The molecule has 3 heteroatoms. The van der Waals surface area contributed by atoms with Crippen LogP contribution < -0.4 is 0 Å². The first kappa shape index (κ1) is 25.8. The van der Waals surface area contributed by atoms with Crippen LogP contribution in [0.2, 0.25) is 0 Å². The molecule has 0 aromatic heterocycles. The van der Waals surface area contributed by atoms with E-state index in [1.54, 1.807) is 7.11 Å². The second-order valence-corrected chi connectivity index (χ2v) is 13.8. The first-order valence-corrected chi connectivity index (χ1v) is 14.0. The van der Waals surface area contributed by atoms with Crippen LogP contribution >= 0.6 is 0 Å². The molecule has 4 saturated carbocycles. The molecule has 4 aliphatic rings. The lowest BCUT2D eigenvalue weighted by Crippen LogP contribution is -2.64. The molecule has 0 N–H and O–H groups in total. The summed E-state index contributed by atoms with van der Waals surface area (Å²) < 4.78 is 5.51. The Labute approximate surface area is 209 Å². The molecule has 0 unspecified atom stereocenters. The summed E-state index contributed by atoms with van der Waals surface area (Å²) in [7, 11) is 1.60. The summed E-state index contributed by atoms with van der Waals surface area (Å²) in [5.41, 5.74) is 1.63. The zero-order valence-electron chi connectivity index (χ0n) is 23.0. The van der Waals surface area contributed by atoms with Crippen LogP contribution in [-0.2, 0) is 9.53 Å². The summed E-state index contributed by atoms with van der Waals surface area (Å²) in [6, 6.07) is 2.46. The van der Waals surface area contributed by atoms with E-state index in [0.29, 0.717) is 41.9 Å². The second-order valence-electron chi connectivity index (χ2n) is 13.8. The highest BCUT2D eigenvalue weighted by atomic mass is 16.5. The Balaban J connectivity index is 1.78. The van der Waals surface area contributed by atoms with E-state index in [4.69, 9.17) is 4.74 Å². The third-order valence-electron chi connectivity index (χ3n) is 12.6. The Morgan fingerprint density at radius 3 is 2.35 bits per heavy atom. The summed E-state index contributed by atoms with van der Waals surface area (Å²) in [6.45, 7) is 19.1. The van der Waals surface area contributed by atoms with Crippen LogP contribution in [0.1, 0.15) is 106 Å². The number of esters is 1. The number of ether oxygens (including phenoxy) is 1. The largest absolute Gasteiger partial charge is 0.469 e. The van der Waals surface area contributed by atoms with Gasteiger partial charge in [0.1, 0.15) is 0 Å². The Morgan fingerprint density at radius 1 is 1.06 bits per heavy atom. The molecule has 3 nitrogen and oxygen atoms in total. The lowest BCUT2D eigenvalue weighted by Gasteiger charge is -2.70. The van der Waals surface area contributed by atoms with Crippen LogP contribution in [-0.4, -0.2) is 13.1 Å². The van der Waals surface area contributed by atoms with E-state index in [2.05, 4.69) is 54.2 Å². The van der Waals surface area contributed by atoms with E-state index >= 15 is 0 Å². The topological polar surface area (TPSA) is 50.1 Å². The Morgan fingerprint density at radius 2 is 1.76 bits per heavy atom. The fourth-order valence-electron chi connectivity index (χ4n) is 10.8. The average molecular weight is 468 g/mol. The van der Waals surface area contributed by atoms with Crippen molar-refractivity contribution in [2.45, 2.75) is 106 Å². The number of carbonyl (C=O) groups is 1. The molecular formula is C31H49NO2. The predicted molar refractivity (Wildman–Crippen MR) is 138 cm³/mol. The molecule has 0 saturated heterocycles. The molecule has 9 atom stereocenters. The van der Waals surface area contributed by atoms with Crippen molar-refractivity contribution in [1.82, 2.24) is 0 Å². The van der Waals surface area contributed by atoms with Gasteiger partial charge in [-0.2, -0.15) is 5.26 Å². The third kappa shape index (κ3) is 3.29. The number of nitriles is 1. The van der Waals surface area contributed by atoms with Gasteiger partial charge >= 0.3 is 5.97 Å². The fraction of sp³-hybridized carbons (Fsp3) is 0.871. The van der Waals surface area contributed by atoms with Gasteiger partial charge in [-0.1, -0.05) is 46.8 Å². The average Bonchev–Trinajstić information content (AvgIpc) is 3.19. The van der Waals surface area contributed by atoms with Gasteiger partial charge in [-0.05, 0) is 116 Å². The molecule has 4 aliphatic carbocycles. The minimum Gasteiger partial charge on any atom is -0.469 e. The molecule has 0 aromatic carbocycles. The quantitative estimate of drug-likeness (QED) is 0.304. The molecule has 0 bridgehead atoms. The second kappa shape index (κ2) is 8.67. The lowest BCUT2D eigenvalue weighted by atomic mass is 9.34. The van der Waals surface area contributed by atoms with Gasteiger partial charge in [-0.25, -0.2) is 0 Å². The van der Waals surface area contributed by atoms with E-state index in [0.717, 1.165) is 25.7 Å². The number of hydrogen-bond donors (Lipinski definition) is 0. The van der Waals surface area contributed by atoms with Gasteiger partial charge in [0, 0.05) is 6.42 Å². The van der Waals surface area contributed by atoms with Gasteiger partial charge in [0.05, 0.1) is 18.6 Å². The van der Waals surface area contributed by atoms with Crippen molar-refractivity contribution in [2.24, 2.45) is 57.2 Å². The molecule has 0 aliphatic heterocycles. The molecule has 0 aromatic rings. The van der Waals surface area contributed by atoms with Gasteiger partial charge in [0.15, 0.2) is 0 Å². The van der Waals surface area contributed by atoms with Crippen molar-refractivity contribution in [2.75, 3.05) is 7.11 Å². The first-order valence-electron chi connectivity index (χ1n) is 14.0. The molecule has 4 rings (SSSR count). The van der Waals surface area contributed by atoms with E-state index in [9.17, 15) is 10.1 Å². The Hall–Kier alpha value is -1.30. The highest BCUT2D eigenvalue weighted by Crippen LogP contribution is 2.76. The van der Waals surface area contributed by atoms with Crippen LogP contribution in [0.25, 0.3) is 0 Å². The minimum absolute atomic E-state index is 0.0693. The number of rotatable bonds is 5. The maximum absolute atomic E-state index is 13.4. The van der Waals surface area contributed by atoms with Crippen molar-refractivity contribution in [3.05, 3.63) is 12.2 Å². The zero-order chi connectivity index (χ0) is 25.1. The molecular weight excluding hydrogens is 418 g/mol. The van der Waals surface area contributed by atoms with Crippen LogP contribution in [0.5, 0.6) is 0 Å². The predicted octanol–water partition coefficient (Wildman–Crippen LogP) is 7.96. The number of hydrogen-bond acceptors (Lipinski definition) is 3. The van der Waals surface area contributed by atoms with E-state index < -0.39 is 0 Å². The Bertz CT molecular complexity index is 871. The van der Waals surface area contributed by atoms with Gasteiger partial charge in [0.25, 0.3) is 0 Å². The molecule has 0 amide bonds. The third-order valence-corrected chi connectivity index (χ3v) is 12.6. The SMILES string of the molecule is C=C(C)[C@H]1CC[C@@]2(C)[C@@H](CC[C@H]3[C@@H]4[C@H](C(C)C)CC[C@]4(C(=O)OC)CC[C@]32C)[C@]1(C)CCC#N. The standard InChI is InChI=1S/C31H49NO2/c1-20(2)22-12-16-31(27(33)34-8)18-17-29(6)24(26(22)31)10-11-25-28(5,14-9-19-32)23(21(3)4)13-15-30(25,29)7/h20,22-26H,3,9-18H2,1-2,4-8H3/t22-,23+,24-,25-,26-,28+,29+,30-,31-/m0/s1. The van der Waals surface area contributed by atoms with Gasteiger partial charge in [-0.15, -0.1) is 0 Å². The number of allylic oxidation sites excluding steroid dienone is 1. The molecule has 0 spiro atoms. The highest BCUT2D eigenvalue weighted by Gasteiger charge is 2.70. The maximum Gasteiger partial charge on any atom is 0.312 e. The van der Waals surface area contributed by atoms with Crippen molar-refractivity contribution in [3.63, 3.8) is 0 Å². The lowest BCUT2D eigenvalue weighted by molar-refractivity contribution is -0.222. The summed E-state index contributed by atoms with van der Waals surface area (Å²) in [6.07, 6.45) is 10.8. The van der Waals surface area contributed by atoms with Crippen molar-refractivity contribution < 1.29 is 9.53 Å². The van der Waals surface area contributed by atoms with Gasteiger partial charge in [-0.3, -0.25) is 4.79 Å². The zero-order valence-corrected chi connectivity index (χ0v) is 23.0. The Kier molecular flexibility index (Phi) is 6.58. The monoisotopic (exact) mass is 467 g/mol. The minimum atomic E-state index is -0.268. The van der Waals surface area contributed by atoms with Crippen molar-refractivity contribution >= 4 is 5.97 Å². The van der Waals surface area contributed by atoms with Crippen molar-refractivity contribution in [1.29, 1.82) is 5.26 Å². The molecule has 190 valence electrons. The van der Waals surface area contributed by atoms with Gasteiger partial charge in [0.2, 0.25) is 0 Å². The summed E-state index contributed by atoms with van der Waals surface area (Å²) in [4.78, 5) is 13.4. The smallest absolute Gasteiger partial charge is 0.312 e. The highest BCUT2D eigenvalue weighted by molar-refractivity contribution is 5.78. The molecule has 4 fully saturated rings. The normalized spacial score (nSPS) is 47.8. The van der Waals surface area contributed by atoms with E-state index in [1.807, 2.05) is 0 Å². The van der Waals surface area contributed by atoms with Crippen LogP contribution in [0.15, 0.2) is 12.2 Å². The molecule has 34 heavy (non-hydrogen) atoms. The molecule has 0 heterocycles. The van der Waals surface area contributed by atoms with Gasteiger partial charge < -0.3 is 4.74 Å². The van der Waals surface area contributed by atoms with E-state index in [-0.39, 0.29) is 27.6 Å². The summed E-state index contributed by atoms with van der Waals surface area (Å²) in [5.74, 6) is 3.42. The van der Waals surface area contributed by atoms with Crippen LogP contribution in [0, 0.1) is 68.5 Å². The number of carbonyl (C=O) groups excluding carboxylic acids is 1. The number of fused-ring (bicyclic) bond motifs is 5. The van der Waals surface area contributed by atoms with Crippen molar-refractivity contribution in [3.8, 4) is 6.07 Å². The number of nitrogens with zero attached hydrogens (tertiary/aromatic N) is 1. The first-order chi connectivity index (χ1) is 15.9. The van der Waals surface area contributed by atoms with E-state index in [1.165, 1.54) is 37.7 Å². The molecule has 0 radical (unpaired) electrons.